The molecule has 2 aromatic rings. The van der Waals surface area contributed by atoms with Gasteiger partial charge in [-0.05, 0) is 42.9 Å². The van der Waals surface area contributed by atoms with Crippen molar-refractivity contribution in [2.45, 2.75) is 20.0 Å². The van der Waals surface area contributed by atoms with Crippen LogP contribution in [0.4, 0.5) is 4.39 Å². The highest BCUT2D eigenvalue weighted by Gasteiger charge is 2.02. The second-order valence-electron chi connectivity index (χ2n) is 4.56. The molecule has 1 aromatic carbocycles. The summed E-state index contributed by atoms with van der Waals surface area (Å²) in [5.41, 5.74) is 3.02. The molecular weight excluding hydrogens is 275 g/mol. The Morgan fingerprint density at radius 2 is 1.90 bits per heavy atom. The van der Waals surface area contributed by atoms with Crippen LogP contribution in [0.15, 0.2) is 30.3 Å². The molecule has 1 heterocycles. The Bertz CT molecular complexity index is 572. The van der Waals surface area contributed by atoms with E-state index in [1.807, 2.05) is 24.7 Å². The van der Waals surface area contributed by atoms with E-state index in [9.17, 15) is 4.39 Å². The number of aromatic nitrogens is 2. The van der Waals surface area contributed by atoms with Gasteiger partial charge in [-0.1, -0.05) is 12.1 Å². The molecule has 20 heavy (non-hydrogen) atoms. The van der Waals surface area contributed by atoms with Gasteiger partial charge < -0.3 is 10.6 Å². The quantitative estimate of drug-likeness (QED) is 0.846. The lowest BCUT2D eigenvalue weighted by Crippen LogP contribution is -2.34. The molecule has 0 saturated heterocycles. The maximum Gasteiger partial charge on any atom is 0.166 e. The number of benzene rings is 1. The fraction of sp³-hybridized carbons (Fsp3) is 0.286. The van der Waals surface area contributed by atoms with Crippen molar-refractivity contribution >= 4 is 17.3 Å². The molecule has 2 rings (SSSR count). The van der Waals surface area contributed by atoms with Crippen LogP contribution >= 0.6 is 12.2 Å². The molecule has 2 N–H and O–H groups in total. The number of nitrogens with one attached hydrogen (secondary N) is 2. The third-order valence-corrected chi connectivity index (χ3v) is 3.25. The van der Waals surface area contributed by atoms with Crippen LogP contribution in [-0.2, 0) is 20.1 Å². The third-order valence-electron chi connectivity index (χ3n) is 2.96. The Balaban J connectivity index is 1.76. The van der Waals surface area contributed by atoms with Crippen molar-refractivity contribution in [2.75, 3.05) is 0 Å². The Morgan fingerprint density at radius 1 is 1.25 bits per heavy atom. The largest absolute Gasteiger partial charge is 0.359 e. The monoisotopic (exact) mass is 292 g/mol. The van der Waals surface area contributed by atoms with E-state index in [0.717, 1.165) is 17.0 Å². The van der Waals surface area contributed by atoms with Gasteiger partial charge in [-0.3, -0.25) is 4.68 Å². The van der Waals surface area contributed by atoms with E-state index in [0.29, 0.717) is 18.2 Å². The highest BCUT2D eigenvalue weighted by Crippen LogP contribution is 2.02. The van der Waals surface area contributed by atoms with Gasteiger partial charge in [-0.25, -0.2) is 4.39 Å². The minimum atomic E-state index is -0.236. The van der Waals surface area contributed by atoms with Crippen molar-refractivity contribution in [1.29, 1.82) is 0 Å². The molecule has 0 atom stereocenters. The van der Waals surface area contributed by atoms with Crippen LogP contribution in [0, 0.1) is 12.7 Å². The molecule has 0 radical (unpaired) electrons. The fourth-order valence-corrected chi connectivity index (χ4v) is 1.88. The third kappa shape index (κ3) is 4.03. The predicted molar refractivity (Wildman–Crippen MR) is 80.6 cm³/mol. The molecule has 0 aliphatic heterocycles. The smallest absolute Gasteiger partial charge is 0.166 e. The number of thiocarbonyl (C=S) groups is 1. The molecule has 0 saturated carbocycles. The molecule has 106 valence electrons. The van der Waals surface area contributed by atoms with Crippen molar-refractivity contribution < 1.29 is 4.39 Å². The van der Waals surface area contributed by atoms with E-state index < -0.39 is 0 Å². The van der Waals surface area contributed by atoms with Gasteiger partial charge in [0.15, 0.2) is 5.11 Å². The average Bonchev–Trinajstić information content (AvgIpc) is 2.75. The van der Waals surface area contributed by atoms with Crippen molar-refractivity contribution in [2.24, 2.45) is 7.05 Å². The second kappa shape index (κ2) is 6.47. The van der Waals surface area contributed by atoms with Crippen LogP contribution in [0.1, 0.15) is 17.0 Å². The summed E-state index contributed by atoms with van der Waals surface area (Å²) in [7, 11) is 1.91. The van der Waals surface area contributed by atoms with Crippen LogP contribution in [0.2, 0.25) is 0 Å². The van der Waals surface area contributed by atoms with Crippen LogP contribution in [0.5, 0.6) is 0 Å². The maximum atomic E-state index is 12.8. The first-order chi connectivity index (χ1) is 9.54. The number of nitrogens with zero attached hydrogens (tertiary/aromatic N) is 2. The van der Waals surface area contributed by atoms with Crippen LogP contribution < -0.4 is 10.6 Å². The first kappa shape index (κ1) is 14.5. The summed E-state index contributed by atoms with van der Waals surface area (Å²) in [5.74, 6) is -0.236. The number of rotatable bonds is 4. The summed E-state index contributed by atoms with van der Waals surface area (Å²) >= 11 is 5.19. The Labute approximate surface area is 123 Å². The lowest BCUT2D eigenvalue weighted by atomic mass is 10.2. The van der Waals surface area contributed by atoms with Crippen LogP contribution in [0.3, 0.4) is 0 Å². The Hall–Kier alpha value is -1.95. The number of hydrogen-bond donors (Lipinski definition) is 2. The molecule has 1 aromatic heterocycles. The minimum Gasteiger partial charge on any atom is -0.359 e. The molecule has 4 nitrogen and oxygen atoms in total. The van der Waals surface area contributed by atoms with E-state index in [2.05, 4.69) is 15.7 Å². The van der Waals surface area contributed by atoms with Crippen molar-refractivity contribution in [3.63, 3.8) is 0 Å². The molecule has 0 aliphatic carbocycles. The maximum absolute atomic E-state index is 12.8. The topological polar surface area (TPSA) is 41.9 Å². The first-order valence-corrected chi connectivity index (χ1v) is 6.71. The normalized spacial score (nSPS) is 10.3. The summed E-state index contributed by atoms with van der Waals surface area (Å²) in [4.78, 5) is 0. The predicted octanol–water partition coefficient (Wildman–Crippen LogP) is 2.03. The van der Waals surface area contributed by atoms with Crippen molar-refractivity contribution in [3.05, 3.63) is 53.1 Å². The van der Waals surface area contributed by atoms with E-state index in [4.69, 9.17) is 12.2 Å². The van der Waals surface area contributed by atoms with Gasteiger partial charge in [-0.15, -0.1) is 0 Å². The lowest BCUT2D eigenvalue weighted by molar-refractivity contribution is 0.626. The van der Waals surface area contributed by atoms with Gasteiger partial charge in [0.1, 0.15) is 5.82 Å². The number of halogens is 1. The molecule has 0 unspecified atom stereocenters. The molecule has 0 amide bonds. The van der Waals surface area contributed by atoms with Gasteiger partial charge in [0.25, 0.3) is 0 Å². The van der Waals surface area contributed by atoms with Crippen LogP contribution in [0.25, 0.3) is 0 Å². The molecule has 6 heteroatoms. The summed E-state index contributed by atoms with van der Waals surface area (Å²) < 4.78 is 14.6. The van der Waals surface area contributed by atoms with Gasteiger partial charge in [0.05, 0.1) is 12.2 Å². The number of aryl methyl sites for hydroxylation is 2. The molecule has 0 bridgehead atoms. The van der Waals surface area contributed by atoms with Gasteiger partial charge in [0, 0.05) is 19.3 Å². The molecule has 0 aliphatic rings. The van der Waals surface area contributed by atoms with E-state index in [1.165, 1.54) is 12.1 Å². The molecule has 0 spiro atoms. The minimum absolute atomic E-state index is 0.236. The zero-order chi connectivity index (χ0) is 14.5. The summed E-state index contributed by atoms with van der Waals surface area (Å²) in [6.45, 7) is 3.14. The standard InChI is InChI=1S/C14H17FN4S/c1-10-7-13(18-19(10)2)9-17-14(20)16-8-11-3-5-12(15)6-4-11/h3-7H,8-9H2,1-2H3,(H2,16,17,20). The zero-order valence-corrected chi connectivity index (χ0v) is 12.3. The van der Waals surface area contributed by atoms with E-state index in [-0.39, 0.29) is 5.82 Å². The zero-order valence-electron chi connectivity index (χ0n) is 11.5. The van der Waals surface area contributed by atoms with Gasteiger partial charge in [0.2, 0.25) is 0 Å². The van der Waals surface area contributed by atoms with Gasteiger partial charge in [-0.2, -0.15) is 5.10 Å². The summed E-state index contributed by atoms with van der Waals surface area (Å²) in [6, 6.07) is 8.34. The fourth-order valence-electron chi connectivity index (χ4n) is 1.74. The number of hydrogen-bond acceptors (Lipinski definition) is 2. The Morgan fingerprint density at radius 3 is 2.50 bits per heavy atom. The van der Waals surface area contributed by atoms with E-state index in [1.54, 1.807) is 12.1 Å². The second-order valence-corrected chi connectivity index (χ2v) is 4.97. The average molecular weight is 292 g/mol. The first-order valence-electron chi connectivity index (χ1n) is 6.30. The van der Waals surface area contributed by atoms with E-state index >= 15 is 0 Å². The van der Waals surface area contributed by atoms with Crippen molar-refractivity contribution in [1.82, 2.24) is 20.4 Å². The highest BCUT2D eigenvalue weighted by molar-refractivity contribution is 7.80. The SMILES string of the molecule is Cc1cc(CNC(=S)NCc2ccc(F)cc2)nn1C. The summed E-state index contributed by atoms with van der Waals surface area (Å²) in [6.07, 6.45) is 0. The molecular formula is C14H17FN4S. The molecule has 0 fully saturated rings. The summed E-state index contributed by atoms with van der Waals surface area (Å²) in [5, 5.41) is 11.1. The van der Waals surface area contributed by atoms with Crippen molar-refractivity contribution in [3.8, 4) is 0 Å². The Kier molecular flexibility index (Phi) is 4.68. The van der Waals surface area contributed by atoms with Gasteiger partial charge >= 0.3 is 0 Å². The highest BCUT2D eigenvalue weighted by atomic mass is 32.1. The lowest BCUT2D eigenvalue weighted by Gasteiger charge is -2.09. The van der Waals surface area contributed by atoms with Crippen LogP contribution in [-0.4, -0.2) is 14.9 Å².